The van der Waals surface area contributed by atoms with E-state index in [1.54, 1.807) is 13.8 Å². The first-order chi connectivity index (χ1) is 30.9. The molecule has 0 aliphatic carbocycles. The van der Waals surface area contributed by atoms with Crippen molar-refractivity contribution in [2.75, 3.05) is 19.7 Å². The molecule has 0 bridgehead atoms. The van der Waals surface area contributed by atoms with Gasteiger partial charge in [-0.2, -0.15) is 0 Å². The number of hydrogen-bond acceptors (Lipinski definition) is 15. The SMILES string of the molecule is CC[C@H](C)[C@H](NC(=O)[C@@H]1CCCN1C(=O)[C@@H](NC(=O)[C@H](C)N)[C@@H](C)O)C(=O)N[C@@H](C)C(=O)N[C@@H](CCC(N)=O)C(=O)N[C@@H](CCCCN)C(=O)N[C@@H](CO)C(=O)N[C@@H](CCC(=O)O)C(=O)O. The number of aliphatic hydroxyl groups excluding tert-OH is 2. The van der Waals surface area contributed by atoms with E-state index >= 15 is 0 Å². The summed E-state index contributed by atoms with van der Waals surface area (Å²) < 4.78 is 0. The number of carboxylic acids is 2. The molecule has 0 aromatic rings. The predicted molar refractivity (Wildman–Crippen MR) is 232 cm³/mol. The van der Waals surface area contributed by atoms with E-state index < -0.39 is 157 Å². The highest BCUT2D eigenvalue weighted by Gasteiger charge is 2.41. The van der Waals surface area contributed by atoms with Gasteiger partial charge in [-0.15, -0.1) is 0 Å². The standard InChI is InChI=1S/C40H69N11O15/c1-6-19(2)30(49-37(62)27-11-9-17-51(27)39(64)31(22(5)53)50-32(57)20(3)42)38(63)44-21(4)33(58)45-24(12-14-28(43)54)35(60)46-23(10-7-8-16-41)34(59)48-26(18-52)36(61)47-25(40(65)66)13-15-29(55)56/h19-27,30-31,52-53H,6-18,41-42H2,1-5H3,(H2,43,54)(H,44,63)(H,45,58)(H,46,60)(H,47,61)(H,48,59)(H,49,62)(H,50,57)(H,55,56)(H,65,66)/t19-,20-,21-,22+,23-,24-,25-,26-,27-,30-,31-/m0/s1. The van der Waals surface area contributed by atoms with Gasteiger partial charge in [0.05, 0.1) is 18.8 Å². The Kier molecular flexibility index (Phi) is 25.3. The molecule has 26 heteroatoms. The fraction of sp³-hybridized carbons (Fsp3) is 0.725. The first kappa shape index (κ1) is 58.0. The highest BCUT2D eigenvalue weighted by atomic mass is 16.4. The van der Waals surface area contributed by atoms with Crippen LogP contribution in [-0.2, 0) is 52.7 Å². The molecule has 1 heterocycles. The number of carboxylic acid groups (broad SMARTS) is 2. The molecule has 374 valence electrons. The summed E-state index contributed by atoms with van der Waals surface area (Å²) in [6.45, 7) is 6.64. The van der Waals surface area contributed by atoms with Crippen molar-refractivity contribution < 1.29 is 73.2 Å². The molecule has 66 heavy (non-hydrogen) atoms. The average Bonchev–Trinajstić information content (AvgIpc) is 3.75. The summed E-state index contributed by atoms with van der Waals surface area (Å²) in [6.07, 6.45) is -1.78. The van der Waals surface area contributed by atoms with Crippen molar-refractivity contribution >= 4 is 65.1 Å². The highest BCUT2D eigenvalue weighted by Crippen LogP contribution is 2.21. The second-order valence-corrected chi connectivity index (χ2v) is 16.3. The van der Waals surface area contributed by atoms with Gasteiger partial charge in [-0.25, -0.2) is 4.79 Å². The van der Waals surface area contributed by atoms with Crippen LogP contribution in [0, 0.1) is 5.92 Å². The molecule has 1 fully saturated rings. The maximum absolute atomic E-state index is 13.7. The lowest BCUT2D eigenvalue weighted by Gasteiger charge is -2.32. The van der Waals surface area contributed by atoms with Crippen molar-refractivity contribution in [3.63, 3.8) is 0 Å². The number of carbonyl (C=O) groups is 11. The summed E-state index contributed by atoms with van der Waals surface area (Å²) in [4.78, 5) is 142. The Bertz CT molecular complexity index is 1730. The number of amides is 9. The normalized spacial score (nSPS) is 18.0. The van der Waals surface area contributed by atoms with Crippen LogP contribution < -0.4 is 54.4 Å². The fourth-order valence-electron chi connectivity index (χ4n) is 6.63. The first-order valence-corrected chi connectivity index (χ1v) is 21.8. The molecule has 0 radical (unpaired) electrons. The molecule has 0 aromatic heterocycles. The zero-order chi connectivity index (χ0) is 50.4. The number of likely N-dealkylation sites (tertiary alicyclic amines) is 1. The minimum atomic E-state index is -1.75. The van der Waals surface area contributed by atoms with Gasteiger partial charge in [0.2, 0.25) is 53.2 Å². The number of rotatable bonds is 30. The lowest BCUT2D eigenvalue weighted by Crippen LogP contribution is -2.61. The molecular formula is C40H69N11O15. The summed E-state index contributed by atoms with van der Waals surface area (Å²) in [7, 11) is 0. The van der Waals surface area contributed by atoms with Crippen LogP contribution in [0.5, 0.6) is 0 Å². The third kappa shape index (κ3) is 19.2. The molecule has 26 nitrogen and oxygen atoms in total. The molecule has 11 atom stereocenters. The van der Waals surface area contributed by atoms with Gasteiger partial charge in [-0.3, -0.25) is 47.9 Å². The minimum absolute atomic E-state index is 0.0887. The van der Waals surface area contributed by atoms with Crippen LogP contribution in [0.15, 0.2) is 0 Å². The number of aliphatic hydroxyl groups is 2. The Morgan fingerprint density at radius 1 is 0.667 bits per heavy atom. The van der Waals surface area contributed by atoms with Gasteiger partial charge in [0.1, 0.15) is 48.3 Å². The number of primary amides is 1. The van der Waals surface area contributed by atoms with Gasteiger partial charge in [0, 0.05) is 19.4 Å². The lowest BCUT2D eigenvalue weighted by atomic mass is 9.97. The minimum Gasteiger partial charge on any atom is -0.481 e. The summed E-state index contributed by atoms with van der Waals surface area (Å²) in [6, 6.07) is -12.5. The van der Waals surface area contributed by atoms with Crippen LogP contribution in [0.1, 0.15) is 98.8 Å². The van der Waals surface area contributed by atoms with E-state index in [2.05, 4.69) is 37.2 Å². The molecule has 1 aliphatic heterocycles. The molecule has 0 aromatic carbocycles. The zero-order valence-corrected chi connectivity index (χ0v) is 38.0. The second kappa shape index (κ2) is 28.8. The van der Waals surface area contributed by atoms with Crippen molar-refractivity contribution in [3.8, 4) is 0 Å². The summed E-state index contributed by atoms with van der Waals surface area (Å²) in [5.74, 6) is -11.4. The number of nitrogens with one attached hydrogen (secondary N) is 7. The highest BCUT2D eigenvalue weighted by molar-refractivity contribution is 5.98. The molecule has 17 N–H and O–H groups in total. The van der Waals surface area contributed by atoms with Crippen molar-refractivity contribution in [1.29, 1.82) is 0 Å². The molecule has 9 amide bonds. The van der Waals surface area contributed by atoms with E-state index in [-0.39, 0.29) is 38.8 Å². The Labute approximate surface area is 382 Å². The number of carbonyl (C=O) groups excluding carboxylic acids is 9. The van der Waals surface area contributed by atoms with Crippen molar-refractivity contribution in [1.82, 2.24) is 42.1 Å². The van der Waals surface area contributed by atoms with Gasteiger partial charge in [-0.05, 0) is 78.2 Å². The van der Waals surface area contributed by atoms with Crippen molar-refractivity contribution in [3.05, 3.63) is 0 Å². The van der Waals surface area contributed by atoms with Crippen LogP contribution in [0.2, 0.25) is 0 Å². The molecule has 1 rings (SSSR count). The van der Waals surface area contributed by atoms with E-state index in [0.29, 0.717) is 19.3 Å². The van der Waals surface area contributed by atoms with Crippen LogP contribution in [-0.4, -0.2) is 171 Å². The molecule has 0 spiro atoms. The van der Waals surface area contributed by atoms with E-state index in [1.165, 1.54) is 25.7 Å². The Hall–Kier alpha value is -5.99. The van der Waals surface area contributed by atoms with Crippen LogP contribution in [0.4, 0.5) is 0 Å². The number of nitrogens with zero attached hydrogens (tertiary/aromatic N) is 1. The quantitative estimate of drug-likeness (QED) is 0.0299. The molecule has 0 saturated carbocycles. The fourth-order valence-corrected chi connectivity index (χ4v) is 6.63. The van der Waals surface area contributed by atoms with E-state index in [1.807, 2.05) is 0 Å². The van der Waals surface area contributed by atoms with E-state index in [4.69, 9.17) is 22.3 Å². The maximum Gasteiger partial charge on any atom is 0.326 e. The van der Waals surface area contributed by atoms with Crippen molar-refractivity contribution in [2.45, 2.75) is 159 Å². The van der Waals surface area contributed by atoms with Crippen LogP contribution in [0.25, 0.3) is 0 Å². The summed E-state index contributed by atoms with van der Waals surface area (Å²) in [5, 5.41) is 55.2. The molecule has 1 aliphatic rings. The zero-order valence-electron chi connectivity index (χ0n) is 38.0. The largest absolute Gasteiger partial charge is 0.481 e. The molecule has 1 saturated heterocycles. The van der Waals surface area contributed by atoms with Gasteiger partial charge < -0.3 is 79.7 Å². The topological polar surface area (TPSA) is 434 Å². The second-order valence-electron chi connectivity index (χ2n) is 16.3. The van der Waals surface area contributed by atoms with Crippen LogP contribution in [0.3, 0.4) is 0 Å². The Morgan fingerprint density at radius 2 is 1.21 bits per heavy atom. The lowest BCUT2D eigenvalue weighted by molar-refractivity contribution is -0.144. The summed E-state index contributed by atoms with van der Waals surface area (Å²) in [5.41, 5.74) is 16.5. The summed E-state index contributed by atoms with van der Waals surface area (Å²) >= 11 is 0. The maximum atomic E-state index is 13.7. The van der Waals surface area contributed by atoms with E-state index in [9.17, 15) is 68.1 Å². The van der Waals surface area contributed by atoms with Crippen molar-refractivity contribution in [2.24, 2.45) is 23.1 Å². The number of hydrogen-bond donors (Lipinski definition) is 14. The molecular weight excluding hydrogens is 875 g/mol. The van der Waals surface area contributed by atoms with E-state index in [0.717, 1.165) is 0 Å². The Balaban J connectivity index is 3.23. The Morgan fingerprint density at radius 3 is 1.73 bits per heavy atom. The number of aliphatic carboxylic acids is 2. The van der Waals surface area contributed by atoms with Gasteiger partial charge in [0.15, 0.2) is 0 Å². The predicted octanol–water partition coefficient (Wildman–Crippen LogP) is -5.50. The van der Waals surface area contributed by atoms with Gasteiger partial charge >= 0.3 is 11.9 Å². The third-order valence-electron chi connectivity index (χ3n) is 10.8. The van der Waals surface area contributed by atoms with Gasteiger partial charge in [-0.1, -0.05) is 20.3 Å². The monoisotopic (exact) mass is 943 g/mol. The number of unbranched alkanes of at least 4 members (excludes halogenated alkanes) is 1. The number of nitrogens with two attached hydrogens (primary N) is 3. The first-order valence-electron chi connectivity index (χ1n) is 21.8. The third-order valence-corrected chi connectivity index (χ3v) is 10.8. The van der Waals surface area contributed by atoms with Gasteiger partial charge in [0.25, 0.3) is 0 Å². The van der Waals surface area contributed by atoms with Crippen LogP contribution >= 0.6 is 0 Å². The smallest absolute Gasteiger partial charge is 0.326 e. The average molecular weight is 944 g/mol. The molecule has 0 unspecified atom stereocenters.